The van der Waals surface area contributed by atoms with Crippen molar-refractivity contribution in [2.24, 2.45) is 0 Å². The lowest BCUT2D eigenvalue weighted by atomic mass is 10.0. The maximum absolute atomic E-state index is 13.3. The third-order valence-electron chi connectivity index (χ3n) is 3.56. The highest BCUT2D eigenvalue weighted by Gasteiger charge is 2.36. The second-order valence-corrected chi connectivity index (χ2v) is 5.79. The van der Waals surface area contributed by atoms with Gasteiger partial charge in [0.2, 0.25) is 5.69 Å². The zero-order chi connectivity index (χ0) is 17.3. The minimum atomic E-state index is -4.54. The number of alkyl halides is 3. The van der Waals surface area contributed by atoms with E-state index >= 15 is 0 Å². The van der Waals surface area contributed by atoms with Crippen LogP contribution in [0.1, 0.15) is 32.8 Å². The number of H-pyrrole nitrogens is 2. The maximum Gasteiger partial charge on any atom is 0.419 e. The molecule has 0 unspecified atom stereocenters. The van der Waals surface area contributed by atoms with E-state index in [-0.39, 0.29) is 11.3 Å². The highest BCUT2D eigenvalue weighted by Crippen LogP contribution is 2.39. The number of benzene rings is 1. The Bertz CT molecular complexity index is 731. The lowest BCUT2D eigenvalue weighted by Gasteiger charge is -2.27. The summed E-state index contributed by atoms with van der Waals surface area (Å²) in [7, 11) is 0. The van der Waals surface area contributed by atoms with Gasteiger partial charge in [-0.25, -0.2) is 0 Å². The zero-order valence-electron chi connectivity index (χ0n) is 13.0. The highest BCUT2D eigenvalue weighted by molar-refractivity contribution is 5.60. The van der Waals surface area contributed by atoms with Gasteiger partial charge in [0.05, 0.1) is 5.56 Å². The molecule has 0 fully saturated rings. The first-order chi connectivity index (χ1) is 10.6. The van der Waals surface area contributed by atoms with E-state index in [1.54, 1.807) is 13.8 Å². The Balaban J connectivity index is 2.50. The first-order valence-electron chi connectivity index (χ1n) is 7.14. The lowest BCUT2D eigenvalue weighted by molar-refractivity contribution is -0.444. The zero-order valence-corrected chi connectivity index (χ0v) is 13.0. The van der Waals surface area contributed by atoms with Gasteiger partial charge < -0.3 is 4.74 Å². The smallest absolute Gasteiger partial charge is 0.419 e. The molecule has 2 aromatic rings. The number of halogens is 3. The second-order valence-electron chi connectivity index (χ2n) is 5.79. The molecule has 7 heteroatoms. The molecule has 4 nitrogen and oxygen atoms in total. The molecule has 0 spiro atoms. The van der Waals surface area contributed by atoms with Crippen LogP contribution in [0.15, 0.2) is 35.1 Å². The van der Waals surface area contributed by atoms with Crippen molar-refractivity contribution in [2.45, 2.75) is 39.0 Å². The molecular weight excluding hydrogens is 309 g/mol. The van der Waals surface area contributed by atoms with E-state index in [9.17, 15) is 18.0 Å². The molecule has 0 amide bonds. The Morgan fingerprint density at radius 1 is 1.17 bits per heavy atom. The third-order valence-corrected chi connectivity index (χ3v) is 3.56. The Morgan fingerprint density at radius 2 is 1.87 bits per heavy atom. The van der Waals surface area contributed by atoms with Crippen LogP contribution < -0.4 is 15.4 Å². The molecule has 0 bridgehead atoms. The average molecular weight is 327 g/mol. The third kappa shape index (κ3) is 4.12. The molecule has 2 rings (SSSR count). The number of rotatable bonds is 4. The van der Waals surface area contributed by atoms with E-state index in [1.165, 1.54) is 24.3 Å². The normalized spacial score (nSPS) is 12.3. The molecule has 0 aliphatic carbocycles. The van der Waals surface area contributed by atoms with Crippen LogP contribution in [-0.2, 0) is 6.18 Å². The number of hydrogen-bond acceptors (Lipinski definition) is 2. The van der Waals surface area contributed by atoms with E-state index in [0.29, 0.717) is 17.7 Å². The molecule has 2 N–H and O–H groups in total. The van der Waals surface area contributed by atoms with Gasteiger partial charge in [-0.15, -0.1) is 10.2 Å². The molecule has 0 saturated carbocycles. The summed E-state index contributed by atoms with van der Waals surface area (Å²) in [6.07, 6.45) is -3.98. The summed E-state index contributed by atoms with van der Waals surface area (Å²) in [6.45, 7) is 5.31. The fourth-order valence-electron chi connectivity index (χ4n) is 1.92. The summed E-state index contributed by atoms with van der Waals surface area (Å²) in [5.74, 6) is -0.211. The number of ether oxygens (including phenoxy) is 1. The average Bonchev–Trinajstić information content (AvgIpc) is 2.47. The Hall–Kier alpha value is -2.31. The van der Waals surface area contributed by atoms with E-state index in [2.05, 4.69) is 10.2 Å². The van der Waals surface area contributed by atoms with Crippen LogP contribution in [0.3, 0.4) is 0 Å². The van der Waals surface area contributed by atoms with E-state index in [0.717, 1.165) is 6.07 Å². The van der Waals surface area contributed by atoms with Crippen molar-refractivity contribution in [3.05, 3.63) is 46.2 Å². The van der Waals surface area contributed by atoms with Crippen molar-refractivity contribution in [3.8, 4) is 17.0 Å². The molecule has 0 saturated heterocycles. The van der Waals surface area contributed by atoms with Gasteiger partial charge in [0.1, 0.15) is 11.4 Å². The minimum Gasteiger partial charge on any atom is -0.487 e. The van der Waals surface area contributed by atoms with Gasteiger partial charge in [-0.1, -0.05) is 6.92 Å². The summed E-state index contributed by atoms with van der Waals surface area (Å²) in [6, 6.07) is 6.48. The monoisotopic (exact) mass is 327 g/mol. The predicted molar refractivity (Wildman–Crippen MR) is 79.1 cm³/mol. The Morgan fingerprint density at radius 3 is 2.39 bits per heavy atom. The number of nitrogens with one attached hydrogen (secondary N) is 2. The lowest BCUT2D eigenvalue weighted by Crippen LogP contribution is -2.28. The number of aromatic nitrogens is 2. The summed E-state index contributed by atoms with van der Waals surface area (Å²) in [5, 5.41) is 4.89. The van der Waals surface area contributed by atoms with E-state index in [4.69, 9.17) is 4.74 Å². The van der Waals surface area contributed by atoms with Crippen LogP contribution in [0, 0.1) is 0 Å². The van der Waals surface area contributed by atoms with E-state index in [1.807, 2.05) is 6.92 Å². The number of aromatic amines is 2. The standard InChI is InChI=1S/C16H17F3N2O2/c1-4-15(2,3)23-13-7-5-10(9-11(13)16(17,18)19)12-6-8-14(22)21-20-12/h5-9H,4H2,1-3H3,(H,21,22)/p+1. The van der Waals surface area contributed by atoms with Crippen molar-refractivity contribution in [3.63, 3.8) is 0 Å². The first kappa shape index (κ1) is 17.1. The Labute approximate surface area is 131 Å². The highest BCUT2D eigenvalue weighted by atomic mass is 19.4. The minimum absolute atomic E-state index is 0.211. The van der Waals surface area contributed by atoms with Crippen LogP contribution in [0.4, 0.5) is 13.2 Å². The molecule has 1 heterocycles. The van der Waals surface area contributed by atoms with Gasteiger partial charge in [0.15, 0.2) is 0 Å². The SMILES string of the molecule is CCC(C)(C)Oc1ccc(-c2ccc(=O)[nH][nH+]2)cc1C(F)(F)F. The largest absolute Gasteiger partial charge is 0.487 e. The molecule has 0 aliphatic rings. The van der Waals surface area contributed by atoms with Gasteiger partial charge in [-0.3, -0.25) is 4.79 Å². The summed E-state index contributed by atoms with van der Waals surface area (Å²) in [5.41, 5.74) is -1.25. The molecule has 0 atom stereocenters. The van der Waals surface area contributed by atoms with Gasteiger partial charge in [0.25, 0.3) is 5.56 Å². The molecule has 1 aromatic heterocycles. The summed E-state index contributed by atoms with van der Waals surface area (Å²) >= 11 is 0. The summed E-state index contributed by atoms with van der Waals surface area (Å²) < 4.78 is 45.5. The van der Waals surface area contributed by atoms with Crippen LogP contribution in [0.5, 0.6) is 5.75 Å². The molecule has 124 valence electrons. The second kappa shape index (κ2) is 6.06. The van der Waals surface area contributed by atoms with Crippen molar-refractivity contribution < 1.29 is 23.0 Å². The predicted octanol–water partition coefficient (Wildman–Crippen LogP) is 3.44. The maximum atomic E-state index is 13.3. The fraction of sp³-hybridized carbons (Fsp3) is 0.375. The molecule has 1 aromatic carbocycles. The topological polar surface area (TPSA) is 56.2 Å². The molecular formula is C16H18F3N2O2+. The van der Waals surface area contributed by atoms with Gasteiger partial charge in [-0.05, 0) is 38.5 Å². The first-order valence-corrected chi connectivity index (χ1v) is 7.14. The van der Waals surface area contributed by atoms with Crippen LogP contribution >= 0.6 is 0 Å². The summed E-state index contributed by atoms with van der Waals surface area (Å²) in [4.78, 5) is 11.0. The van der Waals surface area contributed by atoms with Gasteiger partial charge in [0, 0.05) is 17.7 Å². The van der Waals surface area contributed by atoms with Crippen molar-refractivity contribution in [1.82, 2.24) is 5.10 Å². The number of hydrogen-bond donors (Lipinski definition) is 1. The van der Waals surface area contributed by atoms with Crippen LogP contribution in [-0.4, -0.2) is 10.7 Å². The molecule has 0 aliphatic heterocycles. The molecule has 0 radical (unpaired) electrons. The van der Waals surface area contributed by atoms with E-state index < -0.39 is 17.3 Å². The van der Waals surface area contributed by atoms with Crippen molar-refractivity contribution >= 4 is 0 Å². The van der Waals surface area contributed by atoms with Crippen molar-refractivity contribution in [2.75, 3.05) is 0 Å². The fourth-order valence-corrected chi connectivity index (χ4v) is 1.92. The van der Waals surface area contributed by atoms with Gasteiger partial charge in [-0.2, -0.15) is 13.2 Å². The van der Waals surface area contributed by atoms with Gasteiger partial charge >= 0.3 is 6.18 Å². The Kier molecular flexibility index (Phi) is 4.49. The quantitative estimate of drug-likeness (QED) is 0.935. The van der Waals surface area contributed by atoms with Crippen LogP contribution in [0.25, 0.3) is 11.3 Å². The molecule has 23 heavy (non-hydrogen) atoms. The van der Waals surface area contributed by atoms with Crippen LogP contribution in [0.2, 0.25) is 0 Å². The van der Waals surface area contributed by atoms with Crippen molar-refractivity contribution in [1.29, 1.82) is 0 Å².